The maximum atomic E-state index is 12.6. The van der Waals surface area contributed by atoms with Gasteiger partial charge in [-0.15, -0.1) is 11.3 Å². The molecule has 0 aliphatic carbocycles. The Labute approximate surface area is 186 Å². The molecule has 2 aromatic heterocycles. The summed E-state index contributed by atoms with van der Waals surface area (Å²) in [5.74, 6) is 1.96. The van der Waals surface area contributed by atoms with Gasteiger partial charge in [0.2, 0.25) is 11.8 Å². The van der Waals surface area contributed by atoms with Crippen molar-refractivity contribution in [3.05, 3.63) is 29.2 Å². The minimum Gasteiger partial charge on any atom is -0.381 e. The van der Waals surface area contributed by atoms with E-state index < -0.39 is 10.0 Å². The van der Waals surface area contributed by atoms with Gasteiger partial charge in [0, 0.05) is 45.7 Å². The summed E-state index contributed by atoms with van der Waals surface area (Å²) in [5.41, 5.74) is 0. The van der Waals surface area contributed by atoms with Crippen molar-refractivity contribution in [3.8, 4) is 0 Å². The molecule has 0 spiro atoms. The second-order valence-corrected chi connectivity index (χ2v) is 11.4. The van der Waals surface area contributed by atoms with Gasteiger partial charge in [0.25, 0.3) is 10.0 Å². The molecule has 2 saturated heterocycles. The number of hydrogen-bond acceptors (Lipinski definition) is 8. The maximum Gasteiger partial charge on any atom is 0.252 e. The molecule has 11 heteroatoms. The third-order valence-corrected chi connectivity index (χ3v) is 9.19. The van der Waals surface area contributed by atoms with E-state index >= 15 is 0 Å². The highest BCUT2D eigenvalue weighted by Crippen LogP contribution is 2.26. The maximum absolute atomic E-state index is 12.6. The molecule has 2 aromatic rings. The van der Waals surface area contributed by atoms with Gasteiger partial charge in [-0.3, -0.25) is 4.79 Å². The van der Waals surface area contributed by atoms with Crippen molar-refractivity contribution < 1.29 is 22.5 Å². The van der Waals surface area contributed by atoms with Gasteiger partial charge >= 0.3 is 0 Å². The number of thiophene rings is 1. The second-order valence-electron chi connectivity index (χ2n) is 8.15. The molecule has 2 fully saturated rings. The van der Waals surface area contributed by atoms with Crippen LogP contribution in [0.25, 0.3) is 0 Å². The Balaban J connectivity index is 1.25. The standard InChI is InChI=1S/C20H28N4O5S2/c1-23(31(26,27)19-3-2-12-30-19)14-18(25)24-8-4-15(5-9-24)13-17-21-20(22-29-17)16-6-10-28-11-7-16/h2-3,12,15-16H,4-11,13-14H2,1H3. The number of aromatic nitrogens is 2. The first-order valence-corrected chi connectivity index (χ1v) is 12.9. The Hall–Kier alpha value is -1.82. The van der Waals surface area contributed by atoms with Crippen molar-refractivity contribution in [1.82, 2.24) is 19.3 Å². The molecule has 2 aliphatic heterocycles. The number of carbonyl (C=O) groups excluding carboxylic acids is 1. The van der Waals surface area contributed by atoms with E-state index in [2.05, 4.69) is 10.1 Å². The molecular formula is C20H28N4O5S2. The normalized spacial score (nSPS) is 19.2. The Morgan fingerprint density at radius 2 is 2.00 bits per heavy atom. The molecule has 0 radical (unpaired) electrons. The summed E-state index contributed by atoms with van der Waals surface area (Å²) in [6.07, 6.45) is 4.24. The summed E-state index contributed by atoms with van der Waals surface area (Å²) in [7, 11) is -2.17. The van der Waals surface area contributed by atoms with Gasteiger partial charge < -0.3 is 14.2 Å². The van der Waals surface area contributed by atoms with Gasteiger partial charge in [0.05, 0.1) is 6.54 Å². The number of piperidine rings is 1. The highest BCUT2D eigenvalue weighted by Gasteiger charge is 2.29. The van der Waals surface area contributed by atoms with Crippen LogP contribution in [0.3, 0.4) is 0 Å². The van der Waals surface area contributed by atoms with Gasteiger partial charge in [0.1, 0.15) is 4.21 Å². The number of nitrogens with zero attached hydrogens (tertiary/aromatic N) is 4. The first kappa shape index (κ1) is 22.4. The molecule has 170 valence electrons. The molecule has 1 amide bonds. The molecule has 4 rings (SSSR count). The van der Waals surface area contributed by atoms with Gasteiger partial charge in [-0.1, -0.05) is 11.2 Å². The van der Waals surface area contributed by atoms with E-state index in [4.69, 9.17) is 9.26 Å². The average molecular weight is 469 g/mol. The number of ether oxygens (including phenoxy) is 1. The lowest BCUT2D eigenvalue weighted by molar-refractivity contribution is -0.132. The molecule has 0 saturated carbocycles. The monoisotopic (exact) mass is 468 g/mol. The van der Waals surface area contributed by atoms with Crippen LogP contribution in [0.5, 0.6) is 0 Å². The number of likely N-dealkylation sites (tertiary alicyclic amines) is 1. The van der Waals surface area contributed by atoms with E-state index in [9.17, 15) is 13.2 Å². The predicted molar refractivity (Wildman–Crippen MR) is 114 cm³/mol. The van der Waals surface area contributed by atoms with E-state index in [1.807, 2.05) is 0 Å². The van der Waals surface area contributed by atoms with Crippen LogP contribution in [-0.4, -0.2) is 73.6 Å². The zero-order valence-electron chi connectivity index (χ0n) is 17.6. The fourth-order valence-electron chi connectivity index (χ4n) is 4.05. The van der Waals surface area contributed by atoms with Crippen LogP contribution in [0, 0.1) is 5.92 Å². The predicted octanol–water partition coefficient (Wildman–Crippen LogP) is 2.13. The van der Waals surface area contributed by atoms with E-state index in [0.29, 0.717) is 37.2 Å². The SMILES string of the molecule is CN(CC(=O)N1CCC(Cc2nc(C3CCOCC3)no2)CC1)S(=O)(=O)c1cccs1. The lowest BCUT2D eigenvalue weighted by Crippen LogP contribution is -2.44. The Morgan fingerprint density at radius 1 is 1.26 bits per heavy atom. The van der Waals surface area contributed by atoms with Crippen LogP contribution in [0.2, 0.25) is 0 Å². The Kier molecular flexibility index (Phi) is 7.05. The van der Waals surface area contributed by atoms with Crippen molar-refractivity contribution >= 4 is 27.3 Å². The zero-order valence-corrected chi connectivity index (χ0v) is 19.2. The number of sulfonamides is 1. The minimum absolute atomic E-state index is 0.150. The number of amides is 1. The molecular weight excluding hydrogens is 440 g/mol. The summed E-state index contributed by atoms with van der Waals surface area (Å²) < 4.78 is 37.3. The first-order valence-electron chi connectivity index (χ1n) is 10.6. The zero-order chi connectivity index (χ0) is 21.8. The van der Waals surface area contributed by atoms with Crippen LogP contribution < -0.4 is 0 Å². The van der Waals surface area contributed by atoms with Crippen molar-refractivity contribution in [2.24, 2.45) is 5.92 Å². The number of carbonyl (C=O) groups is 1. The Bertz CT molecular complexity index is 962. The third kappa shape index (κ3) is 5.33. The van der Waals surface area contributed by atoms with Crippen molar-refractivity contribution in [3.63, 3.8) is 0 Å². The molecule has 4 heterocycles. The smallest absolute Gasteiger partial charge is 0.252 e. The summed E-state index contributed by atoms with van der Waals surface area (Å²) in [5, 5.41) is 5.87. The molecule has 0 aromatic carbocycles. The lowest BCUT2D eigenvalue weighted by Gasteiger charge is -2.32. The fraction of sp³-hybridized carbons (Fsp3) is 0.650. The lowest BCUT2D eigenvalue weighted by atomic mass is 9.93. The van der Waals surface area contributed by atoms with E-state index in [1.54, 1.807) is 22.4 Å². The topological polar surface area (TPSA) is 106 Å². The molecule has 2 aliphatic rings. The quantitative estimate of drug-likeness (QED) is 0.613. The largest absolute Gasteiger partial charge is 0.381 e. The molecule has 0 atom stereocenters. The number of likely N-dealkylation sites (N-methyl/N-ethyl adjacent to an activating group) is 1. The van der Waals surface area contributed by atoms with Gasteiger partial charge in [-0.2, -0.15) is 9.29 Å². The first-order chi connectivity index (χ1) is 14.9. The van der Waals surface area contributed by atoms with E-state index in [1.165, 1.54) is 7.05 Å². The summed E-state index contributed by atoms with van der Waals surface area (Å²) in [4.78, 5) is 19.0. The summed E-state index contributed by atoms with van der Waals surface area (Å²) >= 11 is 1.15. The van der Waals surface area contributed by atoms with Crippen LogP contribution in [-0.2, 0) is 26.0 Å². The van der Waals surface area contributed by atoms with Crippen LogP contribution in [0.1, 0.15) is 43.3 Å². The molecule has 31 heavy (non-hydrogen) atoms. The summed E-state index contributed by atoms with van der Waals surface area (Å²) in [6, 6.07) is 3.24. The minimum atomic E-state index is -3.62. The average Bonchev–Trinajstić information content (AvgIpc) is 3.48. The summed E-state index contributed by atoms with van der Waals surface area (Å²) in [6.45, 7) is 2.55. The molecule has 0 N–H and O–H groups in total. The van der Waals surface area contributed by atoms with Crippen molar-refractivity contribution in [2.45, 2.75) is 42.2 Å². The molecule has 0 unspecified atom stereocenters. The van der Waals surface area contributed by atoms with Crippen LogP contribution >= 0.6 is 11.3 Å². The van der Waals surface area contributed by atoms with Crippen molar-refractivity contribution in [1.29, 1.82) is 0 Å². The molecule has 9 nitrogen and oxygen atoms in total. The highest BCUT2D eigenvalue weighted by atomic mass is 32.2. The second kappa shape index (κ2) is 9.76. The van der Waals surface area contributed by atoms with Crippen LogP contribution in [0.4, 0.5) is 0 Å². The van der Waals surface area contributed by atoms with E-state index in [-0.39, 0.29) is 16.7 Å². The Morgan fingerprint density at radius 3 is 2.68 bits per heavy atom. The number of rotatable bonds is 7. The van der Waals surface area contributed by atoms with Gasteiger partial charge in [-0.05, 0) is 43.0 Å². The van der Waals surface area contributed by atoms with Crippen LogP contribution in [0.15, 0.2) is 26.2 Å². The van der Waals surface area contributed by atoms with Gasteiger partial charge in [0.15, 0.2) is 5.82 Å². The number of hydrogen-bond donors (Lipinski definition) is 0. The molecule has 0 bridgehead atoms. The fourth-order valence-corrected chi connectivity index (χ4v) is 6.37. The van der Waals surface area contributed by atoms with Crippen molar-refractivity contribution in [2.75, 3.05) is 39.9 Å². The van der Waals surface area contributed by atoms with E-state index in [0.717, 1.165) is 60.4 Å². The third-order valence-electron chi connectivity index (χ3n) is 6.02. The van der Waals surface area contributed by atoms with Gasteiger partial charge in [-0.25, -0.2) is 8.42 Å². The highest BCUT2D eigenvalue weighted by molar-refractivity contribution is 7.91.